The van der Waals surface area contributed by atoms with Gasteiger partial charge in [-0.2, -0.15) is 13.5 Å². The normalized spacial score (nSPS) is 11.3. The number of rotatable bonds is 6. The van der Waals surface area contributed by atoms with Crippen molar-refractivity contribution in [1.82, 2.24) is 9.78 Å². The van der Waals surface area contributed by atoms with E-state index in [0.717, 1.165) is 11.3 Å². The third-order valence-corrected chi connectivity index (χ3v) is 6.83. The first-order valence-electron chi connectivity index (χ1n) is 9.10. The maximum Gasteiger partial charge on any atom is 0.335 e. The second kappa shape index (κ2) is 8.38. The van der Waals surface area contributed by atoms with Crippen molar-refractivity contribution in [2.45, 2.75) is 4.21 Å². The maximum absolute atomic E-state index is 13.1. The molecule has 0 saturated carbocycles. The van der Waals surface area contributed by atoms with Gasteiger partial charge in [0.15, 0.2) is 0 Å². The second-order valence-corrected chi connectivity index (χ2v) is 9.34. The van der Waals surface area contributed by atoms with Crippen LogP contribution in [0.2, 0.25) is 0 Å². The molecule has 32 heavy (non-hydrogen) atoms. The zero-order valence-corrected chi connectivity index (χ0v) is 17.8. The van der Waals surface area contributed by atoms with Gasteiger partial charge in [0.05, 0.1) is 21.7 Å². The number of nitrogens with zero attached hydrogens (tertiary/aromatic N) is 2. The number of anilines is 1. The molecule has 3 N–H and O–H groups in total. The molecule has 0 spiro atoms. The first-order valence-corrected chi connectivity index (χ1v) is 11.4. The Hall–Kier alpha value is -3.80. The topological polar surface area (TPSA) is 139 Å². The van der Waals surface area contributed by atoms with Crippen LogP contribution in [-0.4, -0.2) is 39.7 Å². The van der Waals surface area contributed by atoms with Crippen LogP contribution in [0.3, 0.4) is 0 Å². The van der Waals surface area contributed by atoms with E-state index in [2.05, 4.69) is 10.4 Å². The van der Waals surface area contributed by atoms with E-state index in [9.17, 15) is 22.6 Å². The summed E-state index contributed by atoms with van der Waals surface area (Å²) in [5.74, 6) is -1.69. The lowest BCUT2D eigenvalue weighted by molar-refractivity contribution is 0.0696. The summed E-state index contributed by atoms with van der Waals surface area (Å²) >= 11 is 0.774. The van der Waals surface area contributed by atoms with Gasteiger partial charge in [-0.05, 0) is 42.5 Å². The summed E-state index contributed by atoms with van der Waals surface area (Å²) < 4.78 is 33.4. The van der Waals surface area contributed by atoms with E-state index in [1.165, 1.54) is 41.2 Å². The van der Waals surface area contributed by atoms with Gasteiger partial charge < -0.3 is 10.4 Å². The van der Waals surface area contributed by atoms with Crippen LogP contribution < -0.4 is 5.32 Å². The first kappa shape index (κ1) is 21.4. The smallest absolute Gasteiger partial charge is 0.335 e. The minimum absolute atomic E-state index is 0.0130. The quantitative estimate of drug-likeness (QED) is 0.365. The number of amides is 1. The van der Waals surface area contributed by atoms with Crippen LogP contribution in [0, 0.1) is 0 Å². The summed E-state index contributed by atoms with van der Waals surface area (Å²) in [6.07, 6.45) is 1.49. The molecule has 4 aromatic rings. The molecule has 2 aromatic carbocycles. The number of carbonyl (C=O) groups excluding carboxylic acids is 1. The van der Waals surface area contributed by atoms with Gasteiger partial charge in [-0.1, -0.05) is 24.3 Å². The monoisotopic (exact) mass is 469 g/mol. The van der Waals surface area contributed by atoms with Crippen LogP contribution in [0.5, 0.6) is 0 Å². The fourth-order valence-electron chi connectivity index (χ4n) is 2.95. The van der Waals surface area contributed by atoms with Crippen molar-refractivity contribution in [3.8, 4) is 16.3 Å². The van der Waals surface area contributed by atoms with E-state index in [1.54, 1.807) is 30.3 Å². The standard InChI is InChI=1S/C21H15N3O6S2/c25-20(22-14-6-4-5-13(11-14)21(26)27)16-12-24(15-7-2-1-3-8-15)23-19(16)17-9-10-18(31-17)32(28,29)30/h1-12H,(H,22,25)(H,26,27)(H,28,29,30). The van der Waals surface area contributed by atoms with Crippen molar-refractivity contribution in [3.63, 3.8) is 0 Å². The number of aromatic nitrogens is 2. The molecule has 2 heterocycles. The molecule has 0 unspecified atom stereocenters. The molecule has 0 saturated heterocycles. The molecule has 0 aliphatic carbocycles. The Morgan fingerprint density at radius 3 is 2.41 bits per heavy atom. The van der Waals surface area contributed by atoms with Crippen LogP contribution >= 0.6 is 11.3 Å². The summed E-state index contributed by atoms with van der Waals surface area (Å²) in [6, 6.07) is 17.5. The molecule has 0 atom stereocenters. The molecule has 0 radical (unpaired) electrons. The number of hydrogen-bond donors (Lipinski definition) is 3. The highest BCUT2D eigenvalue weighted by Gasteiger charge is 2.22. The zero-order valence-electron chi connectivity index (χ0n) is 16.2. The Morgan fingerprint density at radius 2 is 1.75 bits per heavy atom. The number of thiophene rings is 1. The Kier molecular flexibility index (Phi) is 5.61. The number of benzene rings is 2. The van der Waals surface area contributed by atoms with Crippen LogP contribution in [0.25, 0.3) is 16.3 Å². The fourth-order valence-corrected chi connectivity index (χ4v) is 4.62. The number of carbonyl (C=O) groups is 2. The number of carboxylic acid groups (broad SMARTS) is 1. The molecule has 2 aromatic heterocycles. The van der Waals surface area contributed by atoms with E-state index in [1.807, 2.05) is 6.07 Å². The number of carboxylic acids is 1. The highest BCUT2D eigenvalue weighted by molar-refractivity contribution is 7.88. The van der Waals surface area contributed by atoms with Crippen LogP contribution in [0.1, 0.15) is 20.7 Å². The van der Waals surface area contributed by atoms with Gasteiger partial charge in [0.2, 0.25) is 0 Å². The molecule has 4 rings (SSSR count). The summed E-state index contributed by atoms with van der Waals surface area (Å²) in [7, 11) is -4.40. The summed E-state index contributed by atoms with van der Waals surface area (Å²) in [4.78, 5) is 24.6. The van der Waals surface area contributed by atoms with Crippen LogP contribution in [0.4, 0.5) is 5.69 Å². The molecular formula is C21H15N3O6S2. The molecule has 162 valence electrons. The summed E-state index contributed by atoms with van der Waals surface area (Å²) in [6.45, 7) is 0. The fraction of sp³-hybridized carbons (Fsp3) is 0. The van der Waals surface area contributed by atoms with Gasteiger partial charge in [0, 0.05) is 11.9 Å². The second-order valence-electron chi connectivity index (χ2n) is 6.61. The lowest BCUT2D eigenvalue weighted by atomic mass is 10.1. The van der Waals surface area contributed by atoms with Crippen molar-refractivity contribution in [3.05, 3.63) is 84.1 Å². The highest BCUT2D eigenvalue weighted by atomic mass is 32.3. The molecular weight excluding hydrogens is 454 g/mol. The van der Waals surface area contributed by atoms with Gasteiger partial charge in [0.25, 0.3) is 5.91 Å². The molecule has 0 bridgehead atoms. The predicted octanol–water partition coefficient (Wildman–Crippen LogP) is 3.80. The zero-order chi connectivity index (χ0) is 22.9. The van der Waals surface area contributed by atoms with Gasteiger partial charge in [-0.3, -0.25) is 9.35 Å². The largest absolute Gasteiger partial charge is 0.478 e. The minimum atomic E-state index is -4.40. The van der Waals surface area contributed by atoms with E-state index >= 15 is 0 Å². The third kappa shape index (κ3) is 4.44. The van der Waals surface area contributed by atoms with E-state index in [4.69, 9.17) is 5.11 Å². The molecule has 0 fully saturated rings. The molecule has 0 aliphatic rings. The summed E-state index contributed by atoms with van der Waals surface area (Å²) in [5.41, 5.74) is 1.31. The molecule has 0 aliphatic heterocycles. The Labute approximate surface area is 186 Å². The van der Waals surface area contributed by atoms with E-state index in [0.29, 0.717) is 10.6 Å². The average molecular weight is 470 g/mol. The van der Waals surface area contributed by atoms with Gasteiger partial charge in [0.1, 0.15) is 9.90 Å². The molecule has 11 heteroatoms. The van der Waals surface area contributed by atoms with Gasteiger partial charge in [-0.25, -0.2) is 9.48 Å². The highest BCUT2D eigenvalue weighted by Crippen LogP contribution is 2.33. The third-order valence-electron chi connectivity index (χ3n) is 4.42. The molecule has 9 nitrogen and oxygen atoms in total. The van der Waals surface area contributed by atoms with Gasteiger partial charge >= 0.3 is 16.1 Å². The number of para-hydroxylation sites is 1. The number of hydrogen-bond acceptors (Lipinski definition) is 6. The first-order chi connectivity index (χ1) is 15.2. The molecule has 1 amide bonds. The average Bonchev–Trinajstić information content (AvgIpc) is 3.42. The van der Waals surface area contributed by atoms with Crippen LogP contribution in [-0.2, 0) is 10.1 Å². The Bertz CT molecular complexity index is 1420. The SMILES string of the molecule is O=C(O)c1cccc(NC(=O)c2cn(-c3ccccc3)nc2-c2ccc(S(=O)(=O)O)s2)c1. The van der Waals surface area contributed by atoms with Gasteiger partial charge in [-0.15, -0.1) is 11.3 Å². The number of nitrogens with one attached hydrogen (secondary N) is 1. The van der Waals surface area contributed by atoms with Crippen molar-refractivity contribution in [2.24, 2.45) is 0 Å². The van der Waals surface area contributed by atoms with E-state index < -0.39 is 22.0 Å². The van der Waals surface area contributed by atoms with Crippen molar-refractivity contribution < 1.29 is 27.7 Å². The maximum atomic E-state index is 13.1. The Morgan fingerprint density at radius 1 is 1.00 bits per heavy atom. The van der Waals surface area contributed by atoms with Crippen molar-refractivity contribution in [2.75, 3.05) is 5.32 Å². The Balaban J connectivity index is 1.77. The predicted molar refractivity (Wildman–Crippen MR) is 118 cm³/mol. The number of aromatic carboxylic acids is 1. The van der Waals surface area contributed by atoms with E-state index in [-0.39, 0.29) is 26.7 Å². The van der Waals surface area contributed by atoms with Crippen LogP contribution in [0.15, 0.2) is 77.1 Å². The lowest BCUT2D eigenvalue weighted by Crippen LogP contribution is -2.12. The summed E-state index contributed by atoms with van der Waals surface area (Å²) in [5, 5.41) is 16.3. The van der Waals surface area contributed by atoms with Crippen molar-refractivity contribution >= 4 is 39.0 Å². The lowest BCUT2D eigenvalue weighted by Gasteiger charge is -2.05. The van der Waals surface area contributed by atoms with Crippen molar-refractivity contribution in [1.29, 1.82) is 0 Å². The minimum Gasteiger partial charge on any atom is -0.478 e.